The van der Waals surface area contributed by atoms with Crippen LogP contribution in [0.3, 0.4) is 0 Å². The molecular formula is C18H23NO5. The number of nitrogens with one attached hydrogen (secondary N) is 1. The molecule has 130 valence electrons. The number of anilines is 1. The van der Waals surface area contributed by atoms with Gasteiger partial charge in [-0.05, 0) is 49.7 Å². The highest BCUT2D eigenvalue weighted by Crippen LogP contribution is 2.49. The second-order valence-corrected chi connectivity index (χ2v) is 6.62. The quantitative estimate of drug-likeness (QED) is 0.865. The standard InChI is InChI=1S/C18H23NO5/c1-23-13-8-7-12(9-14(13)24-2)19-17(20)15-10-3-5-11(6-4-10)16(15)18(21)22/h7-11,15-16H,3-6H2,1-2H3,(H,19,20)(H,21,22). The van der Waals surface area contributed by atoms with Crippen LogP contribution in [0.1, 0.15) is 25.7 Å². The van der Waals surface area contributed by atoms with Gasteiger partial charge in [-0.25, -0.2) is 0 Å². The maximum atomic E-state index is 12.8. The molecule has 1 aromatic rings. The molecule has 3 aliphatic rings. The van der Waals surface area contributed by atoms with Crippen LogP contribution in [0, 0.1) is 23.7 Å². The van der Waals surface area contributed by atoms with Gasteiger partial charge in [0, 0.05) is 11.8 Å². The monoisotopic (exact) mass is 333 g/mol. The Balaban J connectivity index is 1.80. The lowest BCUT2D eigenvalue weighted by atomic mass is 9.58. The number of carbonyl (C=O) groups excluding carboxylic acids is 1. The number of methoxy groups -OCH3 is 2. The van der Waals surface area contributed by atoms with E-state index in [1.807, 2.05) is 0 Å². The number of ether oxygens (including phenoxy) is 2. The van der Waals surface area contributed by atoms with Gasteiger partial charge in [-0.2, -0.15) is 0 Å². The van der Waals surface area contributed by atoms with E-state index < -0.39 is 17.8 Å². The zero-order valence-electron chi connectivity index (χ0n) is 14.0. The molecule has 6 heteroatoms. The summed E-state index contributed by atoms with van der Waals surface area (Å²) < 4.78 is 10.4. The third kappa shape index (κ3) is 2.92. The number of carboxylic acids is 1. The van der Waals surface area contributed by atoms with Crippen LogP contribution in [0.15, 0.2) is 18.2 Å². The van der Waals surface area contributed by atoms with Crippen LogP contribution < -0.4 is 14.8 Å². The Kier molecular flexibility index (Phi) is 4.64. The molecule has 0 heterocycles. The first kappa shape index (κ1) is 16.6. The Bertz CT molecular complexity index is 636. The van der Waals surface area contributed by atoms with Crippen LogP contribution in [0.5, 0.6) is 11.5 Å². The number of amides is 1. The Morgan fingerprint density at radius 3 is 2.12 bits per heavy atom. The maximum absolute atomic E-state index is 12.8. The predicted octanol–water partition coefficient (Wildman–Crippen LogP) is 2.78. The summed E-state index contributed by atoms with van der Waals surface area (Å²) in [7, 11) is 3.08. The summed E-state index contributed by atoms with van der Waals surface area (Å²) in [5.74, 6) is -0.697. The number of hydrogen-bond donors (Lipinski definition) is 2. The zero-order valence-corrected chi connectivity index (χ0v) is 14.0. The van der Waals surface area contributed by atoms with Gasteiger partial charge < -0.3 is 19.9 Å². The van der Waals surface area contributed by atoms with Crippen molar-refractivity contribution in [1.82, 2.24) is 0 Å². The third-order valence-electron chi connectivity index (χ3n) is 5.46. The number of carbonyl (C=O) groups is 2. The van der Waals surface area contributed by atoms with Crippen molar-refractivity contribution in [2.24, 2.45) is 23.7 Å². The molecular weight excluding hydrogens is 310 g/mol. The fourth-order valence-corrected chi connectivity index (χ4v) is 4.32. The number of carboxylic acid groups (broad SMARTS) is 1. The van der Waals surface area contributed by atoms with Gasteiger partial charge in [0.05, 0.1) is 26.1 Å². The SMILES string of the molecule is COc1ccc(NC(=O)C2C3CCC(CC3)C2C(=O)O)cc1OC. The minimum atomic E-state index is -0.850. The molecule has 3 saturated carbocycles. The van der Waals surface area contributed by atoms with Gasteiger partial charge in [0.25, 0.3) is 0 Å². The van der Waals surface area contributed by atoms with E-state index in [0.29, 0.717) is 17.2 Å². The van der Waals surface area contributed by atoms with Gasteiger partial charge in [0.2, 0.25) is 5.91 Å². The Hall–Kier alpha value is -2.24. The Labute approximate surface area is 141 Å². The summed E-state index contributed by atoms with van der Waals surface area (Å²) >= 11 is 0. The van der Waals surface area contributed by atoms with E-state index in [1.54, 1.807) is 25.3 Å². The van der Waals surface area contributed by atoms with Gasteiger partial charge >= 0.3 is 5.97 Å². The first-order chi connectivity index (χ1) is 11.5. The summed E-state index contributed by atoms with van der Waals surface area (Å²) in [6.07, 6.45) is 3.72. The molecule has 0 spiro atoms. The summed E-state index contributed by atoms with van der Waals surface area (Å²) in [6, 6.07) is 5.14. The molecule has 2 bridgehead atoms. The molecule has 0 aliphatic heterocycles. The van der Waals surface area contributed by atoms with Gasteiger partial charge in [0.15, 0.2) is 11.5 Å². The van der Waals surface area contributed by atoms with Gasteiger partial charge in [0.1, 0.15) is 0 Å². The van der Waals surface area contributed by atoms with Crippen molar-refractivity contribution in [2.75, 3.05) is 19.5 Å². The molecule has 0 saturated heterocycles. The Morgan fingerprint density at radius 2 is 1.58 bits per heavy atom. The van der Waals surface area contributed by atoms with E-state index in [0.717, 1.165) is 25.7 Å². The van der Waals surface area contributed by atoms with E-state index in [1.165, 1.54) is 7.11 Å². The van der Waals surface area contributed by atoms with Crippen LogP contribution in [-0.2, 0) is 9.59 Å². The molecule has 1 amide bonds. The summed E-state index contributed by atoms with van der Waals surface area (Å²) in [5.41, 5.74) is 0.586. The highest BCUT2D eigenvalue weighted by Gasteiger charge is 2.50. The van der Waals surface area contributed by atoms with E-state index in [9.17, 15) is 14.7 Å². The lowest BCUT2D eigenvalue weighted by Gasteiger charge is -2.45. The molecule has 2 unspecified atom stereocenters. The topological polar surface area (TPSA) is 84.9 Å². The van der Waals surface area contributed by atoms with Crippen LogP contribution in [-0.4, -0.2) is 31.2 Å². The van der Waals surface area contributed by atoms with Crippen molar-refractivity contribution in [2.45, 2.75) is 25.7 Å². The number of rotatable bonds is 5. The fourth-order valence-electron chi connectivity index (χ4n) is 4.32. The average Bonchev–Trinajstić information content (AvgIpc) is 2.61. The molecule has 0 aromatic heterocycles. The van der Waals surface area contributed by atoms with Gasteiger partial charge in [-0.15, -0.1) is 0 Å². The van der Waals surface area contributed by atoms with Crippen molar-refractivity contribution in [3.05, 3.63) is 18.2 Å². The van der Waals surface area contributed by atoms with E-state index in [2.05, 4.69) is 5.32 Å². The number of hydrogen-bond acceptors (Lipinski definition) is 4. The number of aliphatic carboxylic acids is 1. The fraction of sp³-hybridized carbons (Fsp3) is 0.556. The number of benzene rings is 1. The van der Waals surface area contributed by atoms with Gasteiger partial charge in [-0.1, -0.05) is 0 Å². The maximum Gasteiger partial charge on any atom is 0.307 e. The van der Waals surface area contributed by atoms with Crippen molar-refractivity contribution in [1.29, 1.82) is 0 Å². The minimum absolute atomic E-state index is 0.119. The number of fused-ring (bicyclic) bond motifs is 3. The molecule has 3 fully saturated rings. The summed E-state index contributed by atoms with van der Waals surface area (Å²) in [4.78, 5) is 24.5. The lowest BCUT2D eigenvalue weighted by Crippen LogP contribution is -2.49. The second kappa shape index (κ2) is 6.71. The zero-order chi connectivity index (χ0) is 17.3. The highest BCUT2D eigenvalue weighted by atomic mass is 16.5. The predicted molar refractivity (Wildman–Crippen MR) is 88.2 cm³/mol. The van der Waals surface area contributed by atoms with E-state index in [-0.39, 0.29) is 17.7 Å². The molecule has 1 aromatic carbocycles. The van der Waals surface area contributed by atoms with Crippen LogP contribution >= 0.6 is 0 Å². The summed E-state index contributed by atoms with van der Waals surface area (Å²) in [6.45, 7) is 0. The molecule has 6 nitrogen and oxygen atoms in total. The Morgan fingerprint density at radius 1 is 1.00 bits per heavy atom. The first-order valence-corrected chi connectivity index (χ1v) is 8.30. The molecule has 2 atom stereocenters. The molecule has 0 radical (unpaired) electrons. The van der Waals surface area contributed by atoms with Crippen LogP contribution in [0.4, 0.5) is 5.69 Å². The lowest BCUT2D eigenvalue weighted by molar-refractivity contribution is -0.156. The van der Waals surface area contributed by atoms with Crippen molar-refractivity contribution in [3.63, 3.8) is 0 Å². The molecule has 3 aliphatic carbocycles. The normalized spacial score (nSPS) is 28.2. The summed E-state index contributed by atoms with van der Waals surface area (Å²) in [5, 5.41) is 12.4. The first-order valence-electron chi connectivity index (χ1n) is 8.30. The molecule has 24 heavy (non-hydrogen) atoms. The largest absolute Gasteiger partial charge is 0.493 e. The highest BCUT2D eigenvalue weighted by molar-refractivity contribution is 5.96. The smallest absolute Gasteiger partial charge is 0.307 e. The second-order valence-electron chi connectivity index (χ2n) is 6.62. The van der Waals surface area contributed by atoms with E-state index in [4.69, 9.17) is 9.47 Å². The third-order valence-corrected chi connectivity index (χ3v) is 5.46. The van der Waals surface area contributed by atoms with Crippen LogP contribution in [0.2, 0.25) is 0 Å². The van der Waals surface area contributed by atoms with Crippen LogP contribution in [0.25, 0.3) is 0 Å². The average molecular weight is 333 g/mol. The van der Waals surface area contributed by atoms with Gasteiger partial charge in [-0.3, -0.25) is 9.59 Å². The molecule has 2 N–H and O–H groups in total. The molecule has 4 rings (SSSR count). The minimum Gasteiger partial charge on any atom is -0.493 e. The van der Waals surface area contributed by atoms with Crippen molar-refractivity contribution >= 4 is 17.6 Å². The van der Waals surface area contributed by atoms with Crippen molar-refractivity contribution in [3.8, 4) is 11.5 Å². The van der Waals surface area contributed by atoms with Crippen molar-refractivity contribution < 1.29 is 24.2 Å². The van der Waals surface area contributed by atoms with E-state index >= 15 is 0 Å².